The van der Waals surface area contributed by atoms with Crippen LogP contribution in [0.15, 0.2) is 24.3 Å². The Bertz CT molecular complexity index is 567. The molecule has 100 valence electrons. The van der Waals surface area contributed by atoms with Crippen LogP contribution in [0.4, 0.5) is 0 Å². The lowest BCUT2D eigenvalue weighted by molar-refractivity contribution is -0.581. The lowest BCUT2D eigenvalue weighted by Crippen LogP contribution is -2.45. The molecule has 1 aromatic carbocycles. The lowest BCUT2D eigenvalue weighted by atomic mass is 9.90. The molecule has 0 spiro atoms. The quantitative estimate of drug-likeness (QED) is 0.766. The first-order chi connectivity index (χ1) is 8.94. The summed E-state index contributed by atoms with van der Waals surface area (Å²) < 4.78 is 1.06. The zero-order valence-corrected chi connectivity index (χ0v) is 11.6. The zero-order valence-electron chi connectivity index (χ0n) is 11.6. The summed E-state index contributed by atoms with van der Waals surface area (Å²) in [5.74, 6) is 0.454. The number of amides is 1. The number of rotatable bonds is 2. The van der Waals surface area contributed by atoms with Crippen molar-refractivity contribution in [3.05, 3.63) is 40.3 Å². The molecular formula is C15H19N2O2+. The molecule has 0 aliphatic carbocycles. The van der Waals surface area contributed by atoms with Crippen LogP contribution in [-0.2, 0) is 0 Å². The molecule has 3 rings (SSSR count). The molecule has 2 aliphatic heterocycles. The fraction of sp³-hybridized carbons (Fsp3) is 0.533. The Hall–Kier alpha value is -1.71. The molecular weight excluding hydrogens is 240 g/mol. The molecule has 19 heavy (non-hydrogen) atoms. The zero-order chi connectivity index (χ0) is 13.8. The largest absolute Gasteiger partial charge is 0.306 e. The Kier molecular flexibility index (Phi) is 2.52. The van der Waals surface area contributed by atoms with E-state index in [4.69, 9.17) is 0 Å². The Morgan fingerprint density at radius 2 is 2.11 bits per heavy atom. The molecule has 4 heteroatoms. The number of fused-ring (bicyclic) bond motifs is 3. The smallest absolute Gasteiger partial charge is 0.269 e. The third-order valence-electron chi connectivity index (χ3n) is 4.13. The van der Waals surface area contributed by atoms with Gasteiger partial charge in [-0.2, -0.15) is 0 Å². The average Bonchev–Trinajstić information content (AvgIpc) is 2.75. The lowest BCUT2D eigenvalue weighted by Gasteiger charge is -2.30. The van der Waals surface area contributed by atoms with Gasteiger partial charge in [0.05, 0.1) is 11.1 Å². The van der Waals surface area contributed by atoms with E-state index in [2.05, 4.69) is 13.8 Å². The van der Waals surface area contributed by atoms with Crippen LogP contribution in [0.5, 0.6) is 0 Å². The normalized spacial score (nSPS) is 29.1. The third-order valence-corrected chi connectivity index (χ3v) is 4.13. The van der Waals surface area contributed by atoms with Crippen molar-refractivity contribution in [1.29, 1.82) is 0 Å². The highest BCUT2D eigenvalue weighted by atomic mass is 16.3. The number of benzene rings is 1. The third kappa shape index (κ3) is 1.62. The molecule has 2 aliphatic rings. The first-order valence-corrected chi connectivity index (χ1v) is 6.80. The molecule has 2 heterocycles. The van der Waals surface area contributed by atoms with Crippen molar-refractivity contribution in [2.75, 3.05) is 6.54 Å². The van der Waals surface area contributed by atoms with Crippen LogP contribution in [0.2, 0.25) is 0 Å². The molecule has 2 unspecified atom stereocenters. The predicted octanol–water partition coefficient (Wildman–Crippen LogP) is 2.74. The molecule has 0 radical (unpaired) electrons. The first-order valence-electron chi connectivity index (χ1n) is 6.80. The second-order valence-electron chi connectivity index (χ2n) is 6.31. The topological polar surface area (TPSA) is 40.4 Å². The number of nitrogens with zero attached hydrogens (tertiary/aromatic N) is 2. The van der Waals surface area contributed by atoms with Crippen LogP contribution in [0.3, 0.4) is 0 Å². The van der Waals surface area contributed by atoms with Gasteiger partial charge in [0.25, 0.3) is 5.91 Å². The van der Waals surface area contributed by atoms with Crippen molar-refractivity contribution < 1.29 is 9.55 Å². The van der Waals surface area contributed by atoms with Gasteiger partial charge in [0.1, 0.15) is 5.54 Å². The molecule has 0 bridgehead atoms. The van der Waals surface area contributed by atoms with Gasteiger partial charge in [-0.1, -0.05) is 26.0 Å². The molecule has 4 nitrogen and oxygen atoms in total. The van der Waals surface area contributed by atoms with E-state index in [0.29, 0.717) is 18.0 Å². The summed E-state index contributed by atoms with van der Waals surface area (Å²) in [6.45, 7) is 6.68. The van der Waals surface area contributed by atoms with E-state index in [0.717, 1.165) is 16.7 Å². The van der Waals surface area contributed by atoms with Gasteiger partial charge in [-0.3, -0.25) is 9.69 Å². The van der Waals surface area contributed by atoms with Crippen LogP contribution >= 0.6 is 0 Å². The van der Waals surface area contributed by atoms with Gasteiger partial charge in [-0.05, 0) is 31.4 Å². The van der Waals surface area contributed by atoms with Gasteiger partial charge < -0.3 is 0 Å². The maximum Gasteiger partial charge on any atom is 0.306 e. The Morgan fingerprint density at radius 1 is 1.42 bits per heavy atom. The van der Waals surface area contributed by atoms with Gasteiger partial charge in [-0.15, -0.1) is 0 Å². The minimum absolute atomic E-state index is 0.00194. The Labute approximate surface area is 113 Å². The van der Waals surface area contributed by atoms with Crippen molar-refractivity contribution >= 4 is 5.91 Å². The van der Waals surface area contributed by atoms with Crippen LogP contribution in [-0.4, -0.2) is 27.7 Å². The number of hydrogen-bond acceptors (Lipinski definition) is 2. The van der Waals surface area contributed by atoms with Gasteiger partial charge in [0, 0.05) is 9.67 Å². The summed E-state index contributed by atoms with van der Waals surface area (Å²) in [5, 5.41) is 0. The molecule has 1 aromatic rings. The highest BCUT2D eigenvalue weighted by Gasteiger charge is 2.61. The number of hydrogen-bond donors (Lipinski definition) is 0. The fourth-order valence-electron chi connectivity index (χ4n) is 3.66. The highest BCUT2D eigenvalue weighted by Crippen LogP contribution is 2.46. The second kappa shape index (κ2) is 3.89. The second-order valence-corrected chi connectivity index (χ2v) is 6.31. The van der Waals surface area contributed by atoms with Gasteiger partial charge in [-0.25, -0.2) is 0 Å². The summed E-state index contributed by atoms with van der Waals surface area (Å²) in [7, 11) is 0. The van der Waals surface area contributed by atoms with E-state index >= 15 is 0 Å². The van der Waals surface area contributed by atoms with Crippen molar-refractivity contribution in [1.82, 2.24) is 4.90 Å². The molecule has 1 amide bonds. The van der Waals surface area contributed by atoms with E-state index in [1.807, 2.05) is 31.2 Å². The van der Waals surface area contributed by atoms with E-state index in [1.165, 1.54) is 0 Å². The maximum atomic E-state index is 12.6. The Morgan fingerprint density at radius 3 is 2.79 bits per heavy atom. The van der Waals surface area contributed by atoms with Crippen LogP contribution in [0.25, 0.3) is 0 Å². The van der Waals surface area contributed by atoms with Crippen LogP contribution in [0, 0.1) is 10.8 Å². The minimum atomic E-state index is -0.424. The van der Waals surface area contributed by atoms with Crippen molar-refractivity contribution in [3.8, 4) is 0 Å². The monoisotopic (exact) mass is 259 g/mol. The van der Waals surface area contributed by atoms with Gasteiger partial charge in [0.15, 0.2) is 0 Å². The van der Waals surface area contributed by atoms with E-state index in [9.17, 15) is 9.70 Å². The van der Waals surface area contributed by atoms with Crippen molar-refractivity contribution in [2.45, 2.75) is 38.9 Å². The molecule has 1 saturated heterocycles. The Balaban J connectivity index is 2.08. The van der Waals surface area contributed by atoms with E-state index < -0.39 is 6.17 Å². The number of carbonyl (C=O) groups is 1. The molecule has 1 fully saturated rings. The summed E-state index contributed by atoms with van der Waals surface area (Å²) in [6.07, 6.45) is 0.426. The van der Waals surface area contributed by atoms with E-state index in [-0.39, 0.29) is 11.4 Å². The molecule has 0 N–H and O–H groups in total. The summed E-state index contributed by atoms with van der Waals surface area (Å²) in [6, 6.07) is 7.46. The standard InChI is InChI=1S/C15H19N2O2/c1-10(2)8-15(3)9-16(19)13-11-6-4-5-7-12(11)14(18)17(13)15/h4-7,10,13H,8-9H2,1-3H3/q+1. The number of nitroso groups, excluding NO2 is 1. The van der Waals surface area contributed by atoms with Crippen LogP contribution in [0.1, 0.15) is 49.3 Å². The molecule has 0 saturated carbocycles. The summed E-state index contributed by atoms with van der Waals surface area (Å²) in [4.78, 5) is 26.7. The summed E-state index contributed by atoms with van der Waals surface area (Å²) in [5.41, 5.74) is 1.18. The van der Waals surface area contributed by atoms with Crippen molar-refractivity contribution in [2.24, 2.45) is 5.92 Å². The van der Waals surface area contributed by atoms with Gasteiger partial charge >= 0.3 is 6.17 Å². The maximum absolute atomic E-state index is 12.6. The molecule has 0 aromatic heterocycles. The number of carbonyl (C=O) groups excluding carboxylic acids is 1. The van der Waals surface area contributed by atoms with Gasteiger partial charge in [0.2, 0.25) is 6.54 Å². The fourth-order valence-corrected chi connectivity index (χ4v) is 3.66. The van der Waals surface area contributed by atoms with E-state index in [1.54, 1.807) is 4.90 Å². The molecule has 2 atom stereocenters. The van der Waals surface area contributed by atoms with Crippen LogP contribution < -0.4 is 0 Å². The SMILES string of the molecule is CC(C)CC1(C)C[N+](=O)C2c3ccccc3C(=O)N21. The average molecular weight is 259 g/mol. The first kappa shape index (κ1) is 12.3. The van der Waals surface area contributed by atoms with Crippen molar-refractivity contribution in [3.63, 3.8) is 0 Å². The summed E-state index contributed by atoms with van der Waals surface area (Å²) >= 11 is 0. The predicted molar refractivity (Wildman–Crippen MR) is 71.7 cm³/mol. The highest BCUT2D eigenvalue weighted by molar-refractivity contribution is 5.99. The minimum Gasteiger partial charge on any atom is -0.269 e.